The van der Waals surface area contributed by atoms with Gasteiger partial charge in [0.1, 0.15) is 5.01 Å². The molecule has 0 saturated carbocycles. The van der Waals surface area contributed by atoms with Crippen LogP contribution in [0.5, 0.6) is 0 Å². The highest BCUT2D eigenvalue weighted by Crippen LogP contribution is 2.22. The highest BCUT2D eigenvalue weighted by Gasteiger charge is 2.02. The van der Waals surface area contributed by atoms with Gasteiger partial charge in [0.15, 0.2) is 0 Å². The maximum absolute atomic E-state index is 10.9. The minimum Gasteiger partial charge on any atom is -0.264 e. The van der Waals surface area contributed by atoms with E-state index in [0.29, 0.717) is 0 Å². The molecule has 2 aromatic rings. The van der Waals surface area contributed by atoms with E-state index < -0.39 is 0 Å². The summed E-state index contributed by atoms with van der Waals surface area (Å²) in [5.41, 5.74) is 0.992. The van der Waals surface area contributed by atoms with Crippen molar-refractivity contribution in [2.24, 2.45) is 0 Å². The Bertz CT molecular complexity index is 465. The molecule has 0 fully saturated rings. The molecule has 1 aromatic carbocycles. The van der Waals surface area contributed by atoms with Crippen LogP contribution in [0.25, 0.3) is 10.6 Å². The van der Waals surface area contributed by atoms with Crippen LogP contribution in [0.2, 0.25) is 0 Å². The van der Waals surface area contributed by atoms with Gasteiger partial charge in [0.05, 0.1) is 0 Å². The topological polar surface area (TPSA) is 30.0 Å². The van der Waals surface area contributed by atoms with E-state index in [1.54, 1.807) is 0 Å². The molecule has 0 amide bonds. The molecular formula is C8H5BrClNOS2. The first-order chi connectivity index (χ1) is 6.25. The SMILES string of the molecule is Cl.O=c1snc(-c2ccc(Br)cc2)s1. The molecule has 0 bridgehead atoms. The Labute approximate surface area is 103 Å². The standard InChI is InChI=1S/C8H4BrNOS2.ClH/c9-6-3-1-5(2-4-6)7-10-13-8(11)12-7;/h1-4H;1H. The molecule has 2 nitrogen and oxygen atoms in total. The summed E-state index contributed by atoms with van der Waals surface area (Å²) in [7, 11) is 0. The van der Waals surface area contributed by atoms with Gasteiger partial charge in [-0.25, -0.2) is 0 Å². The third kappa shape index (κ3) is 2.63. The minimum absolute atomic E-state index is 0. The highest BCUT2D eigenvalue weighted by molar-refractivity contribution is 9.10. The first-order valence-corrected chi connectivity index (χ1v) is 5.87. The van der Waals surface area contributed by atoms with Crippen LogP contribution in [-0.4, -0.2) is 4.37 Å². The Morgan fingerprint density at radius 1 is 1.21 bits per heavy atom. The fraction of sp³-hybridized carbons (Fsp3) is 0. The van der Waals surface area contributed by atoms with Crippen LogP contribution in [0.15, 0.2) is 33.5 Å². The average Bonchev–Trinajstić information content (AvgIpc) is 2.53. The minimum atomic E-state index is 0. The number of benzene rings is 1. The summed E-state index contributed by atoms with van der Waals surface area (Å²) in [6, 6.07) is 7.75. The smallest absolute Gasteiger partial charge is 0.264 e. The van der Waals surface area contributed by atoms with Crippen LogP contribution in [-0.2, 0) is 0 Å². The molecule has 0 spiro atoms. The van der Waals surface area contributed by atoms with E-state index in [9.17, 15) is 4.79 Å². The van der Waals surface area contributed by atoms with Gasteiger partial charge in [0, 0.05) is 21.6 Å². The summed E-state index contributed by atoms with van der Waals surface area (Å²) in [4.78, 5) is 10.9. The van der Waals surface area contributed by atoms with Crippen molar-refractivity contribution < 1.29 is 0 Å². The van der Waals surface area contributed by atoms with Crippen molar-refractivity contribution in [1.29, 1.82) is 0 Å². The number of hydrogen-bond acceptors (Lipinski definition) is 4. The molecule has 0 aliphatic rings. The van der Waals surface area contributed by atoms with Crippen LogP contribution < -0.4 is 4.06 Å². The molecule has 1 aromatic heterocycles. The summed E-state index contributed by atoms with van der Waals surface area (Å²) >= 11 is 5.53. The fourth-order valence-corrected chi connectivity index (χ4v) is 2.60. The molecular weight excluding hydrogens is 306 g/mol. The van der Waals surface area contributed by atoms with Gasteiger partial charge < -0.3 is 0 Å². The molecule has 0 aliphatic carbocycles. The van der Waals surface area contributed by atoms with Gasteiger partial charge in [-0.05, 0) is 12.1 Å². The molecule has 0 saturated heterocycles. The first kappa shape index (κ1) is 11.8. The summed E-state index contributed by atoms with van der Waals surface area (Å²) in [6.07, 6.45) is 0. The van der Waals surface area contributed by atoms with E-state index in [1.165, 1.54) is 11.3 Å². The predicted octanol–water partition coefficient (Wildman–Crippen LogP) is 3.42. The molecule has 0 aliphatic heterocycles. The van der Waals surface area contributed by atoms with Crippen LogP contribution in [0.3, 0.4) is 0 Å². The van der Waals surface area contributed by atoms with Gasteiger partial charge in [0.25, 0.3) is 0 Å². The molecule has 0 atom stereocenters. The predicted molar refractivity (Wildman–Crippen MR) is 66.6 cm³/mol. The second kappa shape index (κ2) is 5.02. The van der Waals surface area contributed by atoms with Crippen molar-refractivity contribution in [3.05, 3.63) is 37.6 Å². The number of rotatable bonds is 1. The second-order valence-electron chi connectivity index (χ2n) is 2.35. The van der Waals surface area contributed by atoms with Crippen molar-refractivity contribution in [2.45, 2.75) is 0 Å². The number of aromatic nitrogens is 1. The lowest BCUT2D eigenvalue weighted by Gasteiger charge is -1.93. The Morgan fingerprint density at radius 3 is 2.36 bits per heavy atom. The van der Waals surface area contributed by atoms with E-state index in [1.807, 2.05) is 24.3 Å². The van der Waals surface area contributed by atoms with E-state index in [-0.39, 0.29) is 16.5 Å². The molecule has 74 valence electrons. The van der Waals surface area contributed by atoms with E-state index in [2.05, 4.69) is 20.3 Å². The number of hydrogen-bond donors (Lipinski definition) is 0. The van der Waals surface area contributed by atoms with Gasteiger partial charge in [-0.1, -0.05) is 39.4 Å². The first-order valence-electron chi connectivity index (χ1n) is 3.48. The largest absolute Gasteiger partial charge is 0.306 e. The van der Waals surface area contributed by atoms with Crippen LogP contribution in [0.4, 0.5) is 0 Å². The van der Waals surface area contributed by atoms with Crippen LogP contribution in [0, 0.1) is 0 Å². The molecule has 14 heavy (non-hydrogen) atoms. The molecule has 2 rings (SSSR count). The molecule has 6 heteroatoms. The van der Waals surface area contributed by atoms with Crippen molar-refractivity contribution >= 4 is 51.2 Å². The average molecular weight is 311 g/mol. The van der Waals surface area contributed by atoms with Crippen molar-refractivity contribution in [2.75, 3.05) is 0 Å². The quantitative estimate of drug-likeness (QED) is 0.808. The lowest BCUT2D eigenvalue weighted by atomic mass is 10.2. The zero-order chi connectivity index (χ0) is 9.26. The Hall–Kier alpha value is -0.230. The zero-order valence-corrected chi connectivity index (χ0v) is 10.8. The third-order valence-electron chi connectivity index (χ3n) is 1.47. The van der Waals surface area contributed by atoms with Crippen LogP contribution in [0.1, 0.15) is 0 Å². The van der Waals surface area contributed by atoms with Gasteiger partial charge in [-0.2, -0.15) is 4.37 Å². The molecule has 0 N–H and O–H groups in total. The summed E-state index contributed by atoms with van der Waals surface area (Å²) in [5, 5.41) is 0.794. The summed E-state index contributed by atoms with van der Waals surface area (Å²) in [5.74, 6) is 0. The maximum atomic E-state index is 10.9. The Morgan fingerprint density at radius 2 is 1.86 bits per heavy atom. The summed E-state index contributed by atoms with van der Waals surface area (Å²) in [6.45, 7) is 0. The zero-order valence-electron chi connectivity index (χ0n) is 6.77. The lowest BCUT2D eigenvalue weighted by molar-refractivity contribution is 1.56. The van der Waals surface area contributed by atoms with E-state index >= 15 is 0 Å². The van der Waals surface area contributed by atoms with Crippen LogP contribution >= 0.6 is 51.2 Å². The number of halogens is 2. The van der Waals surface area contributed by atoms with Crippen molar-refractivity contribution in [3.63, 3.8) is 0 Å². The second-order valence-corrected chi connectivity index (χ2v) is 5.22. The van der Waals surface area contributed by atoms with E-state index in [0.717, 1.165) is 26.6 Å². The highest BCUT2D eigenvalue weighted by atomic mass is 79.9. The number of nitrogens with zero attached hydrogens (tertiary/aromatic N) is 1. The Kier molecular flexibility index (Phi) is 4.25. The van der Waals surface area contributed by atoms with Crippen molar-refractivity contribution in [3.8, 4) is 10.6 Å². The van der Waals surface area contributed by atoms with Gasteiger partial charge in [-0.3, -0.25) is 4.79 Å². The fourth-order valence-electron chi connectivity index (χ4n) is 0.899. The Balaban J connectivity index is 0.000000980. The normalized spacial score (nSPS) is 9.50. The lowest BCUT2D eigenvalue weighted by Crippen LogP contribution is -1.75. The molecule has 1 heterocycles. The molecule has 0 unspecified atom stereocenters. The van der Waals surface area contributed by atoms with E-state index in [4.69, 9.17) is 0 Å². The van der Waals surface area contributed by atoms with Crippen molar-refractivity contribution in [1.82, 2.24) is 4.37 Å². The summed E-state index contributed by atoms with van der Waals surface area (Å²) < 4.78 is 5.11. The maximum Gasteiger partial charge on any atom is 0.306 e. The van der Waals surface area contributed by atoms with Gasteiger partial charge in [0.2, 0.25) is 0 Å². The van der Waals surface area contributed by atoms with Gasteiger partial charge in [-0.15, -0.1) is 12.4 Å². The third-order valence-corrected chi connectivity index (χ3v) is 3.70. The molecule has 0 radical (unpaired) electrons. The monoisotopic (exact) mass is 309 g/mol. The van der Waals surface area contributed by atoms with Gasteiger partial charge >= 0.3 is 4.06 Å².